The lowest BCUT2D eigenvalue weighted by Crippen LogP contribution is -2.30. The van der Waals surface area contributed by atoms with Crippen LogP contribution in [0.5, 0.6) is 0 Å². The van der Waals surface area contributed by atoms with Crippen LogP contribution in [0, 0.1) is 20.8 Å². The molecule has 6 nitrogen and oxygen atoms in total. The maximum Gasteiger partial charge on any atom is 0.310 e. The molecule has 34 heavy (non-hydrogen) atoms. The van der Waals surface area contributed by atoms with E-state index in [-0.39, 0.29) is 19.0 Å². The fourth-order valence-corrected chi connectivity index (χ4v) is 5.15. The van der Waals surface area contributed by atoms with Crippen LogP contribution in [0.3, 0.4) is 0 Å². The number of carbonyl (C=O) groups is 1. The smallest absolute Gasteiger partial charge is 0.310 e. The third-order valence-corrected chi connectivity index (χ3v) is 6.84. The Labute approximate surface area is 199 Å². The minimum Gasteiger partial charge on any atom is -0.469 e. The number of pyridine rings is 1. The van der Waals surface area contributed by atoms with Crippen molar-refractivity contribution in [3.63, 3.8) is 0 Å². The topological polar surface area (TPSA) is 67.6 Å². The zero-order valence-electron chi connectivity index (χ0n) is 20.1. The number of hydrogen-bond acceptors (Lipinski definition) is 5. The molecule has 1 N–H and O–H groups in total. The van der Waals surface area contributed by atoms with Gasteiger partial charge in [-0.1, -0.05) is 35.9 Å². The molecule has 1 aliphatic heterocycles. The molecule has 0 fully saturated rings. The molecule has 0 radical (unpaired) electrons. The predicted molar refractivity (Wildman–Crippen MR) is 134 cm³/mol. The number of aliphatic hydroxyl groups excluding tert-OH is 1. The van der Waals surface area contributed by atoms with E-state index >= 15 is 0 Å². The van der Waals surface area contributed by atoms with E-state index in [1.807, 2.05) is 18.2 Å². The van der Waals surface area contributed by atoms with E-state index in [1.165, 1.54) is 18.4 Å². The lowest BCUT2D eigenvalue weighted by molar-refractivity contribution is -0.139. The SMILES string of the molecule is COC(=O)Cc1c(C)c2c3c(cc(C)n3CCN2c2cccc(CO)n2)c1-c1ccc(C)cc1. The van der Waals surface area contributed by atoms with E-state index < -0.39 is 0 Å². The Morgan fingerprint density at radius 2 is 1.85 bits per heavy atom. The minimum atomic E-state index is -0.262. The number of nitrogens with zero attached hydrogens (tertiary/aromatic N) is 3. The number of esters is 1. The van der Waals surface area contributed by atoms with Crippen LogP contribution >= 0.6 is 0 Å². The van der Waals surface area contributed by atoms with Crippen molar-refractivity contribution in [2.75, 3.05) is 18.6 Å². The number of carbonyl (C=O) groups excluding carboxylic acids is 1. The molecule has 1 aliphatic rings. The molecular formula is C28H29N3O3. The van der Waals surface area contributed by atoms with Crippen LogP contribution in [0.1, 0.15) is 28.1 Å². The molecule has 2 aromatic heterocycles. The summed E-state index contributed by atoms with van der Waals surface area (Å²) >= 11 is 0. The molecule has 0 spiro atoms. The van der Waals surface area contributed by atoms with Crippen molar-refractivity contribution < 1.29 is 14.6 Å². The number of anilines is 2. The molecule has 4 aromatic rings. The van der Waals surface area contributed by atoms with Crippen LogP contribution < -0.4 is 4.90 Å². The number of aliphatic hydroxyl groups is 1. The number of benzene rings is 2. The molecule has 2 aromatic carbocycles. The Balaban J connectivity index is 1.84. The van der Waals surface area contributed by atoms with Gasteiger partial charge in [0.15, 0.2) is 0 Å². The summed E-state index contributed by atoms with van der Waals surface area (Å²) in [5.41, 5.74) is 9.43. The standard InChI is InChI=1S/C28H29N3O3/c1-17-8-10-20(11-9-17)26-22(15-25(33)34-4)19(3)27-28-23(26)14-18(2)30(28)12-13-31(27)24-7-5-6-21(16-32)29-24/h5-11,14,32H,12-13,15-16H2,1-4H3. The minimum absolute atomic E-state index is 0.106. The van der Waals surface area contributed by atoms with Gasteiger partial charge in [0.1, 0.15) is 5.82 Å². The monoisotopic (exact) mass is 455 g/mol. The molecule has 0 amide bonds. The van der Waals surface area contributed by atoms with Gasteiger partial charge in [-0.15, -0.1) is 0 Å². The molecule has 5 rings (SSSR count). The van der Waals surface area contributed by atoms with Gasteiger partial charge in [0.25, 0.3) is 0 Å². The van der Waals surface area contributed by atoms with E-state index in [0.29, 0.717) is 5.69 Å². The van der Waals surface area contributed by atoms with Gasteiger partial charge in [-0.2, -0.15) is 0 Å². The van der Waals surface area contributed by atoms with E-state index in [9.17, 15) is 9.90 Å². The second-order valence-electron chi connectivity index (χ2n) is 8.94. The molecule has 0 bridgehead atoms. The summed E-state index contributed by atoms with van der Waals surface area (Å²) in [6.45, 7) is 7.78. The van der Waals surface area contributed by atoms with Crippen molar-refractivity contribution in [1.29, 1.82) is 0 Å². The summed E-state index contributed by atoms with van der Waals surface area (Å²) in [6, 6.07) is 16.4. The van der Waals surface area contributed by atoms with Crippen LogP contribution in [0.2, 0.25) is 0 Å². The maximum absolute atomic E-state index is 12.5. The molecule has 6 heteroatoms. The van der Waals surface area contributed by atoms with Crippen LogP contribution in [-0.4, -0.2) is 34.3 Å². The van der Waals surface area contributed by atoms with Crippen molar-refractivity contribution in [2.45, 2.75) is 40.3 Å². The first-order valence-electron chi connectivity index (χ1n) is 11.6. The van der Waals surface area contributed by atoms with Crippen molar-refractivity contribution in [2.24, 2.45) is 0 Å². The Morgan fingerprint density at radius 3 is 2.56 bits per heavy atom. The van der Waals surface area contributed by atoms with Gasteiger partial charge in [-0.25, -0.2) is 4.98 Å². The highest BCUT2D eigenvalue weighted by molar-refractivity contribution is 6.08. The molecule has 0 saturated carbocycles. The van der Waals surface area contributed by atoms with Gasteiger partial charge in [-0.05, 0) is 61.2 Å². The average molecular weight is 456 g/mol. The van der Waals surface area contributed by atoms with E-state index in [0.717, 1.165) is 57.8 Å². The zero-order valence-corrected chi connectivity index (χ0v) is 20.1. The van der Waals surface area contributed by atoms with Crippen molar-refractivity contribution in [3.8, 4) is 11.1 Å². The highest BCUT2D eigenvalue weighted by Gasteiger charge is 2.30. The van der Waals surface area contributed by atoms with Crippen molar-refractivity contribution in [1.82, 2.24) is 9.55 Å². The van der Waals surface area contributed by atoms with Crippen molar-refractivity contribution >= 4 is 28.4 Å². The summed E-state index contributed by atoms with van der Waals surface area (Å²) in [7, 11) is 1.43. The third kappa shape index (κ3) is 3.55. The quantitative estimate of drug-likeness (QED) is 0.430. The number of aromatic nitrogens is 2. The van der Waals surface area contributed by atoms with E-state index in [2.05, 4.69) is 60.6 Å². The number of methoxy groups -OCH3 is 1. The Hall–Kier alpha value is -3.64. The first-order chi connectivity index (χ1) is 16.4. The Morgan fingerprint density at radius 1 is 1.09 bits per heavy atom. The number of hydrogen-bond donors (Lipinski definition) is 1. The molecule has 0 aliphatic carbocycles. The summed E-state index contributed by atoms with van der Waals surface area (Å²) in [5, 5.41) is 10.8. The number of rotatable bonds is 5. The van der Waals surface area contributed by atoms with Crippen molar-refractivity contribution in [3.05, 3.63) is 76.6 Å². The Kier molecular flexibility index (Phi) is 5.62. The molecule has 174 valence electrons. The maximum atomic E-state index is 12.5. The molecule has 0 atom stereocenters. The molecule has 3 heterocycles. The molecule has 0 unspecified atom stereocenters. The summed E-state index contributed by atoms with van der Waals surface area (Å²) in [6.07, 6.45) is 0.191. The lowest BCUT2D eigenvalue weighted by atomic mass is 9.88. The lowest BCUT2D eigenvalue weighted by Gasteiger charge is -2.34. The Bertz CT molecular complexity index is 1400. The van der Waals surface area contributed by atoms with Gasteiger partial charge < -0.3 is 19.3 Å². The van der Waals surface area contributed by atoms with Gasteiger partial charge in [0.05, 0.1) is 37.0 Å². The van der Waals surface area contributed by atoms with Crippen LogP contribution in [0.15, 0.2) is 48.5 Å². The molecular weight excluding hydrogens is 426 g/mol. The largest absolute Gasteiger partial charge is 0.469 e. The summed E-state index contributed by atoms with van der Waals surface area (Å²) in [4.78, 5) is 19.5. The van der Waals surface area contributed by atoms with Gasteiger partial charge in [-0.3, -0.25) is 4.79 Å². The van der Waals surface area contributed by atoms with E-state index in [1.54, 1.807) is 0 Å². The van der Waals surface area contributed by atoms with Gasteiger partial charge in [0.2, 0.25) is 0 Å². The second-order valence-corrected chi connectivity index (χ2v) is 8.94. The second kappa shape index (κ2) is 8.61. The van der Waals surface area contributed by atoms with Crippen LogP contribution in [-0.2, 0) is 29.1 Å². The van der Waals surface area contributed by atoms with Crippen LogP contribution in [0.4, 0.5) is 11.5 Å². The van der Waals surface area contributed by atoms with Gasteiger partial charge >= 0.3 is 5.97 Å². The molecule has 0 saturated heterocycles. The predicted octanol–water partition coefficient (Wildman–Crippen LogP) is 4.99. The first kappa shape index (κ1) is 22.2. The zero-order chi connectivity index (χ0) is 24.0. The first-order valence-corrected chi connectivity index (χ1v) is 11.6. The fourth-order valence-electron chi connectivity index (χ4n) is 5.15. The van der Waals surface area contributed by atoms with Gasteiger partial charge in [0, 0.05) is 24.2 Å². The fraction of sp³-hybridized carbons (Fsp3) is 0.286. The number of aryl methyl sites for hydroxylation is 2. The highest BCUT2D eigenvalue weighted by atomic mass is 16.5. The summed E-state index contributed by atoms with van der Waals surface area (Å²) < 4.78 is 7.46. The number of ether oxygens (including phenoxy) is 1. The average Bonchev–Trinajstić information content (AvgIpc) is 3.19. The van der Waals surface area contributed by atoms with E-state index in [4.69, 9.17) is 9.72 Å². The summed E-state index contributed by atoms with van der Waals surface area (Å²) in [5.74, 6) is 0.537. The van der Waals surface area contributed by atoms with Crippen LogP contribution in [0.25, 0.3) is 22.0 Å². The highest BCUT2D eigenvalue weighted by Crippen LogP contribution is 2.46. The third-order valence-electron chi connectivity index (χ3n) is 6.84. The normalized spacial score (nSPS) is 12.9.